The summed E-state index contributed by atoms with van der Waals surface area (Å²) in [4.78, 5) is 26.7. The van der Waals surface area contributed by atoms with E-state index in [9.17, 15) is 14.7 Å². The molecule has 2 saturated heterocycles. The molecule has 2 heterocycles. The van der Waals surface area contributed by atoms with E-state index in [4.69, 9.17) is 4.74 Å². The van der Waals surface area contributed by atoms with Crippen molar-refractivity contribution < 1.29 is 19.4 Å². The lowest BCUT2D eigenvalue weighted by Gasteiger charge is -2.28. The van der Waals surface area contributed by atoms with Crippen LogP contribution in [-0.2, 0) is 14.3 Å². The molecule has 0 radical (unpaired) electrons. The lowest BCUT2D eigenvalue weighted by atomic mass is 9.96. The van der Waals surface area contributed by atoms with Gasteiger partial charge in [-0.05, 0) is 19.8 Å². The van der Waals surface area contributed by atoms with Crippen LogP contribution in [-0.4, -0.2) is 59.3 Å². The molecule has 0 spiro atoms. The van der Waals surface area contributed by atoms with Gasteiger partial charge in [0.1, 0.15) is 5.60 Å². The molecule has 0 bridgehead atoms. The van der Waals surface area contributed by atoms with E-state index in [0.29, 0.717) is 32.0 Å². The Hall–Kier alpha value is -1.14. The number of aliphatic hydroxyl groups is 1. The van der Waals surface area contributed by atoms with Gasteiger partial charge in [0, 0.05) is 38.6 Å². The highest BCUT2D eigenvalue weighted by Gasteiger charge is 2.42. The predicted molar refractivity (Wildman–Crippen MR) is 89.3 cm³/mol. The van der Waals surface area contributed by atoms with Crippen molar-refractivity contribution in [1.82, 2.24) is 10.2 Å². The Labute approximate surface area is 143 Å². The van der Waals surface area contributed by atoms with Gasteiger partial charge in [0.15, 0.2) is 0 Å². The van der Waals surface area contributed by atoms with Crippen LogP contribution in [0.2, 0.25) is 0 Å². The Kier molecular flexibility index (Phi) is 5.45. The first-order chi connectivity index (χ1) is 11.5. The van der Waals surface area contributed by atoms with Crippen molar-refractivity contribution in [2.24, 2.45) is 5.92 Å². The molecule has 6 heteroatoms. The Bertz CT molecular complexity index is 476. The van der Waals surface area contributed by atoms with E-state index in [0.717, 1.165) is 12.8 Å². The van der Waals surface area contributed by atoms with Crippen LogP contribution in [0.15, 0.2) is 0 Å². The van der Waals surface area contributed by atoms with Gasteiger partial charge < -0.3 is 20.1 Å². The predicted octanol–water partition coefficient (Wildman–Crippen LogP) is 1.21. The van der Waals surface area contributed by atoms with Crippen LogP contribution in [0.5, 0.6) is 0 Å². The zero-order valence-corrected chi connectivity index (χ0v) is 14.6. The van der Waals surface area contributed by atoms with Crippen LogP contribution < -0.4 is 5.32 Å². The fraction of sp³-hybridized carbons (Fsp3) is 0.889. The molecule has 3 aliphatic rings. The molecule has 6 nitrogen and oxygen atoms in total. The van der Waals surface area contributed by atoms with Crippen molar-refractivity contribution >= 4 is 11.8 Å². The number of hydrogen-bond acceptors (Lipinski definition) is 4. The van der Waals surface area contributed by atoms with E-state index in [1.165, 1.54) is 25.7 Å². The number of nitrogens with one attached hydrogen (secondary N) is 1. The Morgan fingerprint density at radius 3 is 2.67 bits per heavy atom. The molecule has 0 aromatic heterocycles. The fourth-order valence-electron chi connectivity index (χ4n) is 4.22. The van der Waals surface area contributed by atoms with Gasteiger partial charge in [-0.3, -0.25) is 9.59 Å². The monoisotopic (exact) mass is 338 g/mol. The van der Waals surface area contributed by atoms with Crippen molar-refractivity contribution in [2.45, 2.75) is 76.0 Å². The molecule has 1 saturated carbocycles. The van der Waals surface area contributed by atoms with Crippen LogP contribution in [0, 0.1) is 5.92 Å². The van der Waals surface area contributed by atoms with Gasteiger partial charge in [-0.15, -0.1) is 0 Å². The van der Waals surface area contributed by atoms with Gasteiger partial charge in [-0.1, -0.05) is 25.7 Å². The van der Waals surface area contributed by atoms with Gasteiger partial charge in [0.2, 0.25) is 11.8 Å². The minimum absolute atomic E-state index is 0.110. The average molecular weight is 338 g/mol. The first kappa shape index (κ1) is 17.7. The molecule has 2 aliphatic heterocycles. The Morgan fingerprint density at radius 1 is 1.33 bits per heavy atom. The number of amides is 2. The van der Waals surface area contributed by atoms with Gasteiger partial charge in [0.25, 0.3) is 0 Å². The van der Waals surface area contributed by atoms with Crippen molar-refractivity contribution in [3.05, 3.63) is 0 Å². The maximum Gasteiger partial charge on any atom is 0.225 e. The number of nitrogens with zero attached hydrogens (tertiary/aromatic N) is 1. The highest BCUT2D eigenvalue weighted by molar-refractivity contribution is 5.89. The van der Waals surface area contributed by atoms with Gasteiger partial charge >= 0.3 is 0 Å². The molecule has 1 aliphatic carbocycles. The van der Waals surface area contributed by atoms with Crippen LogP contribution in [0.3, 0.4) is 0 Å². The van der Waals surface area contributed by atoms with E-state index in [-0.39, 0.29) is 30.4 Å². The highest BCUT2D eigenvalue weighted by atomic mass is 16.5. The van der Waals surface area contributed by atoms with E-state index in [1.54, 1.807) is 0 Å². The molecule has 136 valence electrons. The number of hydrogen-bond donors (Lipinski definition) is 2. The van der Waals surface area contributed by atoms with Crippen LogP contribution in [0.25, 0.3) is 0 Å². The van der Waals surface area contributed by atoms with Crippen molar-refractivity contribution in [3.63, 3.8) is 0 Å². The molecule has 2 N–H and O–H groups in total. The number of likely N-dealkylation sites (tertiary alicyclic amines) is 1. The SMILES string of the molecule is CC1OCCC1(O)CNC(=O)C1CC(=O)N(C2CCCCCC2)C1. The highest BCUT2D eigenvalue weighted by Crippen LogP contribution is 2.29. The molecule has 0 aromatic rings. The second kappa shape index (κ2) is 7.40. The van der Waals surface area contributed by atoms with E-state index in [1.807, 2.05) is 11.8 Å². The zero-order valence-electron chi connectivity index (χ0n) is 14.6. The summed E-state index contributed by atoms with van der Waals surface area (Å²) >= 11 is 0. The normalized spacial score (nSPS) is 35.2. The Balaban J connectivity index is 1.52. The van der Waals surface area contributed by atoms with Crippen LogP contribution >= 0.6 is 0 Å². The fourth-order valence-corrected chi connectivity index (χ4v) is 4.22. The maximum absolute atomic E-state index is 12.5. The summed E-state index contributed by atoms with van der Waals surface area (Å²) in [5, 5.41) is 13.3. The quantitative estimate of drug-likeness (QED) is 0.755. The Morgan fingerprint density at radius 2 is 2.04 bits per heavy atom. The minimum Gasteiger partial charge on any atom is -0.385 e. The van der Waals surface area contributed by atoms with Gasteiger partial charge in [-0.2, -0.15) is 0 Å². The minimum atomic E-state index is -0.987. The van der Waals surface area contributed by atoms with Crippen molar-refractivity contribution in [3.8, 4) is 0 Å². The molecule has 3 atom stereocenters. The summed E-state index contributed by atoms with van der Waals surface area (Å²) < 4.78 is 5.39. The number of carbonyl (C=O) groups excluding carboxylic acids is 2. The third-order valence-electron chi connectivity index (χ3n) is 6.02. The largest absolute Gasteiger partial charge is 0.385 e. The topological polar surface area (TPSA) is 78.9 Å². The van der Waals surface area contributed by atoms with E-state index in [2.05, 4.69) is 5.32 Å². The molecule has 3 rings (SSSR count). The lowest BCUT2D eigenvalue weighted by molar-refractivity contribution is -0.130. The van der Waals surface area contributed by atoms with E-state index < -0.39 is 5.60 Å². The lowest BCUT2D eigenvalue weighted by Crippen LogP contribution is -2.49. The molecule has 3 fully saturated rings. The summed E-state index contributed by atoms with van der Waals surface area (Å²) in [7, 11) is 0. The summed E-state index contributed by atoms with van der Waals surface area (Å²) in [5.41, 5.74) is -0.987. The summed E-state index contributed by atoms with van der Waals surface area (Å²) in [6.07, 6.45) is 7.54. The average Bonchev–Trinajstić information content (AvgIpc) is 2.97. The molecular formula is C18H30N2O4. The summed E-state index contributed by atoms with van der Waals surface area (Å²) in [5.74, 6) is -0.299. The molecule has 3 unspecified atom stereocenters. The van der Waals surface area contributed by atoms with Crippen molar-refractivity contribution in [2.75, 3.05) is 19.7 Å². The third kappa shape index (κ3) is 3.75. The standard InChI is InChI=1S/C18H30N2O4/c1-13-18(23,8-9-24-13)12-19-17(22)14-10-16(21)20(11-14)15-6-4-2-3-5-7-15/h13-15,23H,2-12H2,1H3,(H,19,22). The van der Waals surface area contributed by atoms with Crippen molar-refractivity contribution in [1.29, 1.82) is 0 Å². The second-order valence-electron chi connectivity index (χ2n) is 7.68. The van der Waals surface area contributed by atoms with Gasteiger partial charge in [-0.25, -0.2) is 0 Å². The molecule has 2 amide bonds. The summed E-state index contributed by atoms with van der Waals surface area (Å²) in [6, 6.07) is 0.310. The first-order valence-electron chi connectivity index (χ1n) is 9.41. The zero-order chi connectivity index (χ0) is 17.2. The smallest absolute Gasteiger partial charge is 0.225 e. The van der Waals surface area contributed by atoms with Crippen LogP contribution in [0.4, 0.5) is 0 Å². The second-order valence-corrected chi connectivity index (χ2v) is 7.68. The number of ether oxygens (including phenoxy) is 1. The third-order valence-corrected chi connectivity index (χ3v) is 6.02. The summed E-state index contributed by atoms with van der Waals surface area (Å²) in [6.45, 7) is 3.07. The molecular weight excluding hydrogens is 308 g/mol. The number of rotatable bonds is 4. The maximum atomic E-state index is 12.5. The number of carbonyl (C=O) groups is 2. The first-order valence-corrected chi connectivity index (χ1v) is 9.41. The van der Waals surface area contributed by atoms with Crippen LogP contribution in [0.1, 0.15) is 58.3 Å². The van der Waals surface area contributed by atoms with Gasteiger partial charge in [0.05, 0.1) is 12.0 Å². The molecule has 24 heavy (non-hydrogen) atoms. The molecule has 0 aromatic carbocycles. The van der Waals surface area contributed by atoms with E-state index >= 15 is 0 Å².